The first-order chi connectivity index (χ1) is 9.11. The van der Waals surface area contributed by atoms with Gasteiger partial charge < -0.3 is 9.47 Å². The third-order valence-electron chi connectivity index (χ3n) is 3.40. The number of amidine groups is 1. The van der Waals surface area contributed by atoms with Gasteiger partial charge in [0.2, 0.25) is 0 Å². The van der Waals surface area contributed by atoms with E-state index in [-0.39, 0.29) is 17.4 Å². The van der Waals surface area contributed by atoms with Gasteiger partial charge in [0, 0.05) is 0 Å². The molecule has 7 heteroatoms. The fourth-order valence-electron chi connectivity index (χ4n) is 1.70. The Morgan fingerprint density at radius 1 is 1.05 bits per heavy atom. The number of hydrogen-bond donors (Lipinski definition) is 1. The van der Waals surface area contributed by atoms with Gasteiger partial charge in [-0.1, -0.05) is 11.8 Å². The van der Waals surface area contributed by atoms with Crippen LogP contribution in [-0.2, 0) is 9.47 Å². The molecule has 2 amide bonds. The monoisotopic (exact) mass is 286 g/mol. The molecule has 1 N–H and O–H groups in total. The van der Waals surface area contributed by atoms with Crippen molar-refractivity contribution in [3.63, 3.8) is 0 Å². The first-order valence-corrected chi connectivity index (χ1v) is 7.68. The zero-order chi connectivity index (χ0) is 13.8. The maximum Gasteiger partial charge on any atom is 0.425 e. The van der Waals surface area contributed by atoms with Gasteiger partial charge in [-0.05, 0) is 44.8 Å². The molecule has 2 fully saturated rings. The Morgan fingerprint density at radius 3 is 1.74 bits per heavy atom. The average molecular weight is 286 g/mol. The maximum atomic E-state index is 11.9. The molecule has 2 saturated carbocycles. The van der Waals surface area contributed by atoms with Crippen LogP contribution >= 0.6 is 11.8 Å². The van der Waals surface area contributed by atoms with Crippen LogP contribution in [0.1, 0.15) is 38.5 Å². The minimum atomic E-state index is -0.798. The molecular weight excluding hydrogens is 268 g/mol. The number of carbonyl (C=O) groups excluding carboxylic acids is 2. The van der Waals surface area contributed by atoms with Gasteiger partial charge in [-0.2, -0.15) is 4.90 Å². The highest BCUT2D eigenvalue weighted by atomic mass is 32.2. The van der Waals surface area contributed by atoms with Crippen LogP contribution in [0.5, 0.6) is 0 Å². The van der Waals surface area contributed by atoms with Crippen molar-refractivity contribution in [1.29, 1.82) is 5.41 Å². The van der Waals surface area contributed by atoms with Crippen LogP contribution < -0.4 is 0 Å². The Bertz CT molecular complexity index is 352. The lowest BCUT2D eigenvalue weighted by atomic mass is 9.96. The van der Waals surface area contributed by atoms with Gasteiger partial charge in [0.05, 0.1) is 0 Å². The second-order valence-electron chi connectivity index (χ2n) is 4.72. The number of hydrogen-bond acceptors (Lipinski definition) is 6. The Balaban J connectivity index is 1.94. The standard InChI is InChI=1S/C12H18N2O4S/c1-19-10(13)14(11(15)17-8-4-2-5-8)12(16)18-9-6-3-7-9/h8-9,13H,2-7H2,1H3. The predicted molar refractivity (Wildman–Crippen MR) is 71.3 cm³/mol. The first kappa shape index (κ1) is 14.2. The largest absolute Gasteiger partial charge is 0.445 e. The van der Waals surface area contributed by atoms with Crippen LogP contribution in [-0.4, -0.2) is 40.7 Å². The highest BCUT2D eigenvalue weighted by Crippen LogP contribution is 2.25. The van der Waals surface area contributed by atoms with Crippen molar-refractivity contribution < 1.29 is 19.1 Å². The van der Waals surface area contributed by atoms with E-state index < -0.39 is 12.2 Å². The van der Waals surface area contributed by atoms with Gasteiger partial charge in [-0.15, -0.1) is 0 Å². The fraction of sp³-hybridized carbons (Fsp3) is 0.750. The van der Waals surface area contributed by atoms with Gasteiger partial charge in [0.25, 0.3) is 0 Å². The van der Waals surface area contributed by atoms with Crippen molar-refractivity contribution >= 4 is 29.1 Å². The summed E-state index contributed by atoms with van der Waals surface area (Å²) in [7, 11) is 0. The summed E-state index contributed by atoms with van der Waals surface area (Å²) < 4.78 is 10.3. The van der Waals surface area contributed by atoms with Crippen LogP contribution in [0.3, 0.4) is 0 Å². The molecule has 106 valence electrons. The predicted octanol–water partition coefficient (Wildman–Crippen LogP) is 2.96. The number of carbonyl (C=O) groups is 2. The molecule has 0 saturated heterocycles. The number of rotatable bonds is 2. The van der Waals surface area contributed by atoms with E-state index in [2.05, 4.69) is 0 Å². The summed E-state index contributed by atoms with van der Waals surface area (Å²) in [6.45, 7) is 0. The Morgan fingerprint density at radius 2 is 1.47 bits per heavy atom. The van der Waals surface area contributed by atoms with E-state index >= 15 is 0 Å². The molecule has 6 nitrogen and oxygen atoms in total. The maximum absolute atomic E-state index is 11.9. The molecule has 0 radical (unpaired) electrons. The van der Waals surface area contributed by atoms with E-state index in [9.17, 15) is 9.59 Å². The molecule has 2 aliphatic rings. The summed E-state index contributed by atoms with van der Waals surface area (Å²) in [6.07, 6.45) is 5.14. The molecule has 19 heavy (non-hydrogen) atoms. The normalized spacial score (nSPS) is 19.0. The fourth-order valence-corrected chi connectivity index (χ4v) is 2.03. The van der Waals surface area contributed by atoms with Gasteiger partial charge in [-0.3, -0.25) is 5.41 Å². The minimum Gasteiger partial charge on any atom is -0.445 e. The number of ether oxygens (including phenoxy) is 2. The van der Waals surface area contributed by atoms with Crippen LogP contribution in [0.15, 0.2) is 0 Å². The van der Waals surface area contributed by atoms with E-state index in [0.717, 1.165) is 50.3 Å². The number of nitrogens with zero attached hydrogens (tertiary/aromatic N) is 1. The minimum absolute atomic E-state index is 0.124. The molecule has 0 unspecified atom stereocenters. The smallest absolute Gasteiger partial charge is 0.425 e. The summed E-state index contributed by atoms with van der Waals surface area (Å²) in [5.41, 5.74) is 0. The number of amides is 2. The lowest BCUT2D eigenvalue weighted by Crippen LogP contribution is -2.45. The summed E-state index contributed by atoms with van der Waals surface area (Å²) in [6, 6.07) is 0. The van der Waals surface area contributed by atoms with E-state index in [1.54, 1.807) is 6.26 Å². The molecule has 0 heterocycles. The van der Waals surface area contributed by atoms with Crippen LogP contribution in [0.25, 0.3) is 0 Å². The molecule has 0 aromatic rings. The number of nitrogens with one attached hydrogen (secondary N) is 1. The van der Waals surface area contributed by atoms with Gasteiger partial charge >= 0.3 is 12.2 Å². The first-order valence-electron chi connectivity index (χ1n) is 6.45. The topological polar surface area (TPSA) is 79.7 Å². The SMILES string of the molecule is CSC(=N)N(C(=O)OC1CCC1)C(=O)OC1CCC1. The van der Waals surface area contributed by atoms with Crippen molar-refractivity contribution in [1.82, 2.24) is 4.90 Å². The van der Waals surface area contributed by atoms with E-state index in [4.69, 9.17) is 14.9 Å². The van der Waals surface area contributed by atoms with Crippen molar-refractivity contribution in [2.45, 2.75) is 50.7 Å². The van der Waals surface area contributed by atoms with Gasteiger partial charge in [0.15, 0.2) is 5.17 Å². The molecule has 0 aliphatic heterocycles. The molecule has 0 atom stereocenters. The Labute approximate surface area is 116 Å². The third-order valence-corrected chi connectivity index (χ3v) is 3.97. The molecule has 0 spiro atoms. The average Bonchev–Trinajstić information content (AvgIpc) is 2.28. The zero-order valence-corrected chi connectivity index (χ0v) is 11.7. The van der Waals surface area contributed by atoms with Crippen molar-refractivity contribution in [3.05, 3.63) is 0 Å². The summed E-state index contributed by atoms with van der Waals surface area (Å²) in [5, 5.41) is 7.51. The third kappa shape index (κ3) is 3.40. The summed E-state index contributed by atoms with van der Waals surface area (Å²) in [4.78, 5) is 24.5. The Kier molecular flexibility index (Phi) is 4.68. The Hall–Kier alpha value is -1.24. The van der Waals surface area contributed by atoms with E-state index in [1.165, 1.54) is 0 Å². The van der Waals surface area contributed by atoms with Gasteiger partial charge in [0.1, 0.15) is 12.2 Å². The number of imide groups is 1. The molecule has 2 aliphatic carbocycles. The lowest BCUT2D eigenvalue weighted by molar-refractivity contribution is 0.0174. The summed E-state index contributed by atoms with van der Waals surface area (Å²) in [5.74, 6) is 0. The highest BCUT2D eigenvalue weighted by Gasteiger charge is 2.34. The van der Waals surface area contributed by atoms with Crippen LogP contribution in [0, 0.1) is 5.41 Å². The molecule has 0 aromatic carbocycles. The zero-order valence-electron chi connectivity index (χ0n) is 10.9. The molecule has 2 rings (SSSR count). The molecular formula is C12H18N2O4S. The van der Waals surface area contributed by atoms with Crippen LogP contribution in [0.2, 0.25) is 0 Å². The second-order valence-corrected chi connectivity index (χ2v) is 5.51. The second kappa shape index (κ2) is 6.27. The molecule has 0 bridgehead atoms. The quantitative estimate of drug-likeness (QED) is 0.623. The van der Waals surface area contributed by atoms with Crippen molar-refractivity contribution in [3.8, 4) is 0 Å². The summed E-state index contributed by atoms with van der Waals surface area (Å²) >= 11 is 1.00. The number of thioether (sulfide) groups is 1. The van der Waals surface area contributed by atoms with Crippen molar-refractivity contribution in [2.75, 3.05) is 6.26 Å². The highest BCUT2D eigenvalue weighted by molar-refractivity contribution is 8.13. The molecule has 0 aromatic heterocycles. The van der Waals surface area contributed by atoms with E-state index in [0.29, 0.717) is 4.90 Å². The van der Waals surface area contributed by atoms with Crippen molar-refractivity contribution in [2.24, 2.45) is 0 Å². The lowest BCUT2D eigenvalue weighted by Gasteiger charge is -2.30. The van der Waals surface area contributed by atoms with Crippen LogP contribution in [0.4, 0.5) is 9.59 Å². The van der Waals surface area contributed by atoms with E-state index in [1.807, 2.05) is 0 Å². The van der Waals surface area contributed by atoms with Gasteiger partial charge in [-0.25, -0.2) is 9.59 Å².